The maximum atomic E-state index is 12.3. The van der Waals surface area contributed by atoms with Crippen LogP contribution in [0.1, 0.15) is 25.0 Å². The molecule has 0 saturated heterocycles. The maximum Gasteiger partial charge on any atom is 0.245 e. The molecule has 1 aliphatic rings. The molecule has 108 valence electrons. The van der Waals surface area contributed by atoms with Crippen LogP contribution in [0.15, 0.2) is 20.0 Å². The third kappa shape index (κ3) is 3.38. The molecule has 6 nitrogen and oxygen atoms in total. The van der Waals surface area contributed by atoms with E-state index < -0.39 is 10.0 Å². The van der Waals surface area contributed by atoms with Crippen LogP contribution in [-0.2, 0) is 21.3 Å². The molecular weight excluding hydrogens is 336 g/mol. The van der Waals surface area contributed by atoms with Crippen molar-refractivity contribution in [3.63, 3.8) is 0 Å². The highest BCUT2D eigenvalue weighted by atomic mass is 79.9. The first-order valence-electron chi connectivity index (χ1n) is 5.99. The second kappa shape index (κ2) is 5.92. The molecular formula is C11H17BrN2O4S. The van der Waals surface area contributed by atoms with Crippen LogP contribution in [0, 0.1) is 0 Å². The van der Waals surface area contributed by atoms with Gasteiger partial charge in [0.2, 0.25) is 10.0 Å². The van der Waals surface area contributed by atoms with Gasteiger partial charge in [0.1, 0.15) is 10.7 Å². The Kier molecular flexibility index (Phi) is 4.67. The minimum Gasteiger partial charge on any atom is -0.452 e. The molecule has 0 spiro atoms. The number of hydrogen-bond acceptors (Lipinski definition) is 5. The first-order chi connectivity index (χ1) is 8.96. The molecule has 1 heterocycles. The van der Waals surface area contributed by atoms with Crippen molar-refractivity contribution in [1.29, 1.82) is 0 Å². The Morgan fingerprint density at radius 1 is 1.58 bits per heavy atom. The SMILES string of the molecule is COC1CCC(NS(=O)(=O)c2cc(CN)oc2Br)C1. The van der Waals surface area contributed by atoms with Gasteiger partial charge in [0.05, 0.1) is 12.6 Å². The summed E-state index contributed by atoms with van der Waals surface area (Å²) in [5, 5.41) is 0. The fourth-order valence-electron chi connectivity index (χ4n) is 2.23. The second-order valence-electron chi connectivity index (χ2n) is 4.54. The fourth-order valence-corrected chi connectivity index (χ4v) is 4.51. The van der Waals surface area contributed by atoms with Crippen LogP contribution in [0.3, 0.4) is 0 Å². The van der Waals surface area contributed by atoms with Crippen molar-refractivity contribution in [2.45, 2.75) is 42.8 Å². The molecule has 1 fully saturated rings. The van der Waals surface area contributed by atoms with Crippen LogP contribution >= 0.6 is 15.9 Å². The number of furan rings is 1. The van der Waals surface area contributed by atoms with Gasteiger partial charge in [0.15, 0.2) is 4.67 Å². The molecule has 0 aromatic carbocycles. The van der Waals surface area contributed by atoms with Crippen molar-refractivity contribution >= 4 is 26.0 Å². The Hall–Kier alpha value is -0.410. The van der Waals surface area contributed by atoms with Crippen molar-refractivity contribution < 1.29 is 17.6 Å². The van der Waals surface area contributed by atoms with Crippen molar-refractivity contribution in [2.75, 3.05) is 7.11 Å². The summed E-state index contributed by atoms with van der Waals surface area (Å²) in [5.74, 6) is 0.424. The molecule has 0 bridgehead atoms. The smallest absolute Gasteiger partial charge is 0.245 e. The number of nitrogens with two attached hydrogens (primary N) is 1. The topological polar surface area (TPSA) is 94.6 Å². The lowest BCUT2D eigenvalue weighted by Crippen LogP contribution is -2.33. The fraction of sp³-hybridized carbons (Fsp3) is 0.636. The zero-order valence-electron chi connectivity index (χ0n) is 10.6. The second-order valence-corrected chi connectivity index (χ2v) is 6.95. The first-order valence-corrected chi connectivity index (χ1v) is 8.27. The number of hydrogen-bond donors (Lipinski definition) is 2. The van der Waals surface area contributed by atoms with Crippen molar-refractivity contribution in [1.82, 2.24) is 4.72 Å². The van der Waals surface area contributed by atoms with Gasteiger partial charge in [-0.05, 0) is 35.2 Å². The standard InChI is InChI=1S/C11H17BrN2O4S/c1-17-8-3-2-7(4-8)14-19(15,16)10-5-9(6-13)18-11(10)12/h5,7-8,14H,2-4,6,13H2,1H3. The van der Waals surface area contributed by atoms with Gasteiger partial charge in [-0.1, -0.05) is 0 Å². The van der Waals surface area contributed by atoms with Gasteiger partial charge >= 0.3 is 0 Å². The Morgan fingerprint density at radius 3 is 2.84 bits per heavy atom. The van der Waals surface area contributed by atoms with Gasteiger partial charge in [-0.25, -0.2) is 13.1 Å². The summed E-state index contributed by atoms with van der Waals surface area (Å²) in [6, 6.07) is 1.34. The van der Waals surface area contributed by atoms with Gasteiger partial charge < -0.3 is 14.9 Å². The predicted octanol–water partition coefficient (Wildman–Crippen LogP) is 1.35. The molecule has 19 heavy (non-hydrogen) atoms. The minimum absolute atomic E-state index is 0.0915. The van der Waals surface area contributed by atoms with E-state index in [1.807, 2.05) is 0 Å². The molecule has 3 N–H and O–H groups in total. The summed E-state index contributed by atoms with van der Waals surface area (Å²) in [4.78, 5) is 0.0915. The van der Waals surface area contributed by atoms with E-state index in [1.54, 1.807) is 7.11 Å². The van der Waals surface area contributed by atoms with Gasteiger partial charge in [0.25, 0.3) is 0 Å². The number of rotatable bonds is 5. The van der Waals surface area contributed by atoms with E-state index in [0.717, 1.165) is 12.8 Å². The molecule has 0 aliphatic heterocycles. The Labute approximate surface area is 120 Å². The average molecular weight is 353 g/mol. The molecule has 1 aromatic rings. The number of sulfonamides is 1. The third-order valence-electron chi connectivity index (χ3n) is 3.24. The summed E-state index contributed by atoms with van der Waals surface area (Å²) in [6.07, 6.45) is 2.45. The van der Waals surface area contributed by atoms with E-state index in [1.165, 1.54) is 6.07 Å². The van der Waals surface area contributed by atoms with E-state index in [4.69, 9.17) is 14.9 Å². The molecule has 8 heteroatoms. The summed E-state index contributed by atoms with van der Waals surface area (Å²) < 4.78 is 37.8. The van der Waals surface area contributed by atoms with E-state index >= 15 is 0 Å². The van der Waals surface area contributed by atoms with Crippen LogP contribution in [-0.4, -0.2) is 27.7 Å². The molecule has 0 radical (unpaired) electrons. The summed E-state index contributed by atoms with van der Waals surface area (Å²) in [6.45, 7) is 0.156. The lowest BCUT2D eigenvalue weighted by atomic mass is 10.3. The maximum absolute atomic E-state index is 12.3. The largest absolute Gasteiger partial charge is 0.452 e. The van der Waals surface area contributed by atoms with Crippen molar-refractivity contribution in [2.24, 2.45) is 5.73 Å². The monoisotopic (exact) mass is 352 g/mol. The summed E-state index contributed by atoms with van der Waals surface area (Å²) in [7, 11) is -1.96. The molecule has 2 atom stereocenters. The van der Waals surface area contributed by atoms with Crippen LogP contribution in [0.25, 0.3) is 0 Å². The lowest BCUT2D eigenvalue weighted by Gasteiger charge is -2.12. The highest BCUT2D eigenvalue weighted by molar-refractivity contribution is 9.10. The molecule has 1 saturated carbocycles. The number of methoxy groups -OCH3 is 1. The molecule has 1 aliphatic carbocycles. The van der Waals surface area contributed by atoms with Gasteiger partial charge in [0, 0.05) is 19.2 Å². The highest BCUT2D eigenvalue weighted by Gasteiger charge is 2.30. The average Bonchev–Trinajstić information content (AvgIpc) is 2.95. The highest BCUT2D eigenvalue weighted by Crippen LogP contribution is 2.28. The molecule has 0 amide bonds. The van der Waals surface area contributed by atoms with E-state index in [9.17, 15) is 8.42 Å². The normalized spacial score (nSPS) is 23.9. The van der Waals surface area contributed by atoms with Gasteiger partial charge in [-0.3, -0.25) is 0 Å². The van der Waals surface area contributed by atoms with Crippen molar-refractivity contribution in [3.8, 4) is 0 Å². The summed E-state index contributed by atoms with van der Waals surface area (Å²) in [5.41, 5.74) is 5.43. The minimum atomic E-state index is -3.60. The Balaban J connectivity index is 2.12. The van der Waals surface area contributed by atoms with E-state index in [0.29, 0.717) is 12.2 Å². The van der Waals surface area contributed by atoms with Crippen LogP contribution in [0.2, 0.25) is 0 Å². The van der Waals surface area contributed by atoms with E-state index in [-0.39, 0.29) is 28.3 Å². The zero-order chi connectivity index (χ0) is 14.0. The van der Waals surface area contributed by atoms with Crippen LogP contribution in [0.4, 0.5) is 0 Å². The molecule has 2 rings (SSSR count). The third-order valence-corrected chi connectivity index (χ3v) is 5.61. The van der Waals surface area contributed by atoms with Crippen molar-refractivity contribution in [3.05, 3.63) is 16.5 Å². The van der Waals surface area contributed by atoms with Crippen LogP contribution < -0.4 is 10.5 Å². The van der Waals surface area contributed by atoms with E-state index in [2.05, 4.69) is 20.7 Å². The molecule has 2 unspecified atom stereocenters. The molecule has 1 aromatic heterocycles. The Morgan fingerprint density at radius 2 is 2.32 bits per heavy atom. The quantitative estimate of drug-likeness (QED) is 0.833. The number of nitrogens with one attached hydrogen (secondary N) is 1. The van der Waals surface area contributed by atoms with Gasteiger partial charge in [-0.15, -0.1) is 0 Å². The predicted molar refractivity (Wildman–Crippen MR) is 73.1 cm³/mol. The number of halogens is 1. The Bertz CT molecular complexity index is 543. The lowest BCUT2D eigenvalue weighted by molar-refractivity contribution is 0.107. The first kappa shape index (κ1) is 15.0. The van der Waals surface area contributed by atoms with Gasteiger partial charge in [-0.2, -0.15) is 0 Å². The van der Waals surface area contributed by atoms with Crippen LogP contribution in [0.5, 0.6) is 0 Å². The number of ether oxygens (including phenoxy) is 1. The summed E-state index contributed by atoms with van der Waals surface area (Å²) >= 11 is 3.10. The zero-order valence-corrected chi connectivity index (χ0v) is 13.0.